The van der Waals surface area contributed by atoms with Gasteiger partial charge in [-0.25, -0.2) is 13.2 Å². The van der Waals surface area contributed by atoms with Crippen molar-refractivity contribution in [3.8, 4) is 0 Å². The quantitative estimate of drug-likeness (QED) is 0.521. The van der Waals surface area contributed by atoms with E-state index >= 15 is 0 Å². The number of H-pyrrole nitrogens is 1. The number of ether oxygens (including phenoxy) is 1. The van der Waals surface area contributed by atoms with E-state index in [1.807, 2.05) is 37.3 Å². The Balaban J connectivity index is 2.08. The number of carbonyl (C=O) groups is 1. The minimum atomic E-state index is -3.87. The van der Waals surface area contributed by atoms with Crippen LogP contribution in [0.25, 0.3) is 0 Å². The predicted octanol–water partition coefficient (Wildman–Crippen LogP) is 3.55. The molecule has 172 valence electrons. The van der Waals surface area contributed by atoms with Crippen molar-refractivity contribution in [1.29, 1.82) is 0 Å². The molecule has 1 N–H and O–H groups in total. The topological polar surface area (TPSA) is 97.3 Å². The molecule has 0 saturated carbocycles. The van der Waals surface area contributed by atoms with Crippen molar-refractivity contribution in [2.75, 3.05) is 6.61 Å². The molecule has 0 unspecified atom stereocenters. The molecule has 0 bridgehead atoms. The number of esters is 1. The van der Waals surface area contributed by atoms with Crippen LogP contribution in [0, 0.1) is 27.7 Å². The fourth-order valence-electron chi connectivity index (χ4n) is 3.88. The Morgan fingerprint density at radius 2 is 1.78 bits per heavy atom. The molecule has 9 heteroatoms. The normalized spacial score (nSPS) is 11.8. The van der Waals surface area contributed by atoms with Gasteiger partial charge in [0.1, 0.15) is 10.6 Å². The van der Waals surface area contributed by atoms with E-state index in [1.165, 1.54) is 4.31 Å². The number of aromatic nitrogens is 3. The molecule has 0 fully saturated rings. The number of rotatable bonds is 8. The Labute approximate surface area is 189 Å². The second kappa shape index (κ2) is 9.30. The van der Waals surface area contributed by atoms with Gasteiger partial charge >= 0.3 is 5.97 Å². The number of sulfonamides is 1. The van der Waals surface area contributed by atoms with E-state index in [9.17, 15) is 13.2 Å². The van der Waals surface area contributed by atoms with Crippen LogP contribution < -0.4 is 0 Å². The van der Waals surface area contributed by atoms with Gasteiger partial charge < -0.3 is 9.72 Å². The zero-order valence-electron chi connectivity index (χ0n) is 19.4. The highest BCUT2D eigenvalue weighted by atomic mass is 32.2. The second-order valence-corrected chi connectivity index (χ2v) is 9.71. The highest BCUT2D eigenvalue weighted by Crippen LogP contribution is 2.28. The third-order valence-corrected chi connectivity index (χ3v) is 7.69. The SMILES string of the molecule is CCOC(=O)c1[nH]c(C)c(CN(Cc2ccccc2)S(=O)(=O)c2c(C)nn(C)c2C)c1C. The molecule has 3 rings (SSSR count). The molecule has 0 amide bonds. The zero-order valence-corrected chi connectivity index (χ0v) is 20.2. The Hall–Kier alpha value is -2.91. The van der Waals surface area contributed by atoms with E-state index in [-0.39, 0.29) is 24.6 Å². The molecule has 0 aliphatic heterocycles. The number of nitrogens with one attached hydrogen (secondary N) is 1. The molecule has 0 aliphatic rings. The van der Waals surface area contributed by atoms with Crippen molar-refractivity contribution < 1.29 is 17.9 Å². The van der Waals surface area contributed by atoms with Gasteiger partial charge in [0.25, 0.3) is 0 Å². The van der Waals surface area contributed by atoms with Gasteiger partial charge in [0.05, 0.1) is 18.0 Å². The summed E-state index contributed by atoms with van der Waals surface area (Å²) in [6, 6.07) is 9.45. The molecule has 2 heterocycles. The molecule has 3 aromatic rings. The molecule has 0 spiro atoms. The minimum absolute atomic E-state index is 0.110. The van der Waals surface area contributed by atoms with E-state index < -0.39 is 16.0 Å². The summed E-state index contributed by atoms with van der Waals surface area (Å²) in [4.78, 5) is 15.6. The van der Waals surface area contributed by atoms with Crippen LogP contribution in [0.4, 0.5) is 0 Å². The van der Waals surface area contributed by atoms with Gasteiger partial charge in [0.2, 0.25) is 10.0 Å². The summed E-state index contributed by atoms with van der Waals surface area (Å²) in [5.74, 6) is -0.448. The van der Waals surface area contributed by atoms with Crippen LogP contribution in [-0.2, 0) is 34.9 Å². The number of hydrogen-bond donors (Lipinski definition) is 1. The molecule has 0 atom stereocenters. The largest absolute Gasteiger partial charge is 0.461 e. The van der Waals surface area contributed by atoms with Gasteiger partial charge in [0.15, 0.2) is 0 Å². The van der Waals surface area contributed by atoms with Crippen molar-refractivity contribution in [1.82, 2.24) is 19.1 Å². The highest BCUT2D eigenvalue weighted by Gasteiger charge is 2.32. The first-order valence-electron chi connectivity index (χ1n) is 10.5. The van der Waals surface area contributed by atoms with Gasteiger partial charge in [-0.2, -0.15) is 9.40 Å². The van der Waals surface area contributed by atoms with Gasteiger partial charge in [-0.15, -0.1) is 0 Å². The van der Waals surface area contributed by atoms with Crippen molar-refractivity contribution in [3.63, 3.8) is 0 Å². The number of aromatic amines is 1. The van der Waals surface area contributed by atoms with Crippen molar-refractivity contribution in [2.24, 2.45) is 7.05 Å². The molecule has 8 nitrogen and oxygen atoms in total. The predicted molar refractivity (Wildman–Crippen MR) is 122 cm³/mol. The van der Waals surface area contributed by atoms with Crippen LogP contribution in [0.15, 0.2) is 35.2 Å². The van der Waals surface area contributed by atoms with Crippen LogP contribution in [0.1, 0.15) is 51.2 Å². The molecule has 1 aromatic carbocycles. The van der Waals surface area contributed by atoms with Crippen molar-refractivity contribution >= 4 is 16.0 Å². The second-order valence-electron chi connectivity index (χ2n) is 7.83. The van der Waals surface area contributed by atoms with E-state index in [0.717, 1.165) is 16.8 Å². The van der Waals surface area contributed by atoms with Crippen LogP contribution >= 0.6 is 0 Å². The number of carbonyl (C=O) groups excluding carboxylic acids is 1. The van der Waals surface area contributed by atoms with E-state index in [4.69, 9.17) is 4.74 Å². The van der Waals surface area contributed by atoms with Gasteiger partial charge in [-0.05, 0) is 51.3 Å². The molecular weight excluding hydrogens is 428 g/mol. The average molecular weight is 459 g/mol. The molecular formula is C23H30N4O4S. The fraction of sp³-hybridized carbons (Fsp3) is 0.391. The molecule has 2 aromatic heterocycles. The third kappa shape index (κ3) is 4.49. The lowest BCUT2D eigenvalue weighted by Gasteiger charge is -2.23. The lowest BCUT2D eigenvalue weighted by Crippen LogP contribution is -2.31. The average Bonchev–Trinajstić information content (AvgIpc) is 3.17. The summed E-state index contributed by atoms with van der Waals surface area (Å²) in [6.45, 7) is 9.40. The Bertz CT molecular complexity index is 1230. The van der Waals surface area contributed by atoms with Gasteiger partial charge in [-0.3, -0.25) is 4.68 Å². The van der Waals surface area contributed by atoms with Crippen LogP contribution in [0.5, 0.6) is 0 Å². The van der Waals surface area contributed by atoms with Gasteiger partial charge in [0, 0.05) is 25.8 Å². The van der Waals surface area contributed by atoms with Crippen molar-refractivity contribution in [3.05, 3.63) is 69.8 Å². The van der Waals surface area contributed by atoms with Crippen LogP contribution in [-0.4, -0.2) is 40.1 Å². The van der Waals surface area contributed by atoms with Gasteiger partial charge in [-0.1, -0.05) is 30.3 Å². The number of benzene rings is 1. The maximum atomic E-state index is 13.8. The summed E-state index contributed by atoms with van der Waals surface area (Å²) < 4.78 is 35.8. The first-order valence-corrected chi connectivity index (χ1v) is 11.9. The maximum Gasteiger partial charge on any atom is 0.355 e. The van der Waals surface area contributed by atoms with Crippen molar-refractivity contribution in [2.45, 2.75) is 52.6 Å². The van der Waals surface area contributed by atoms with E-state index in [1.54, 1.807) is 39.4 Å². The summed E-state index contributed by atoms with van der Waals surface area (Å²) in [5.41, 5.74) is 4.43. The Kier molecular flexibility index (Phi) is 6.90. The number of aryl methyl sites for hydroxylation is 3. The standard InChI is InChI=1S/C23H30N4O4S/c1-7-31-23(28)21-15(2)20(16(3)24-21)14-27(13-19-11-9-8-10-12-19)32(29,30)22-17(4)25-26(6)18(22)5/h8-12,24H,7,13-14H2,1-6H3. The first kappa shape index (κ1) is 23.7. The Morgan fingerprint density at radius 1 is 1.12 bits per heavy atom. The lowest BCUT2D eigenvalue weighted by atomic mass is 10.1. The lowest BCUT2D eigenvalue weighted by molar-refractivity contribution is 0.0519. The monoisotopic (exact) mass is 458 g/mol. The van der Waals surface area contributed by atoms with E-state index in [0.29, 0.717) is 22.6 Å². The molecule has 0 radical (unpaired) electrons. The summed E-state index contributed by atoms with van der Waals surface area (Å²) in [5, 5.41) is 4.30. The summed E-state index contributed by atoms with van der Waals surface area (Å²) in [6.07, 6.45) is 0. The number of nitrogens with zero attached hydrogens (tertiary/aromatic N) is 3. The highest BCUT2D eigenvalue weighted by molar-refractivity contribution is 7.89. The molecule has 0 saturated heterocycles. The smallest absolute Gasteiger partial charge is 0.355 e. The van der Waals surface area contributed by atoms with Crippen LogP contribution in [0.3, 0.4) is 0 Å². The molecule has 0 aliphatic carbocycles. The van der Waals surface area contributed by atoms with E-state index in [2.05, 4.69) is 10.1 Å². The summed E-state index contributed by atoms with van der Waals surface area (Å²) >= 11 is 0. The minimum Gasteiger partial charge on any atom is -0.461 e. The Morgan fingerprint density at radius 3 is 2.34 bits per heavy atom. The van der Waals surface area contributed by atoms with Crippen LogP contribution in [0.2, 0.25) is 0 Å². The maximum absolute atomic E-state index is 13.8. The molecule has 32 heavy (non-hydrogen) atoms. The fourth-order valence-corrected chi connectivity index (χ4v) is 5.68. The zero-order chi connectivity index (χ0) is 23.6. The summed E-state index contributed by atoms with van der Waals surface area (Å²) in [7, 11) is -2.14. The third-order valence-electron chi connectivity index (χ3n) is 5.65. The number of hydrogen-bond acceptors (Lipinski definition) is 5. The first-order chi connectivity index (χ1) is 15.1.